The van der Waals surface area contributed by atoms with E-state index in [-0.39, 0.29) is 5.91 Å². The van der Waals surface area contributed by atoms with E-state index in [9.17, 15) is 4.79 Å². The first-order chi connectivity index (χ1) is 13.8. The second-order valence-electron chi connectivity index (χ2n) is 7.26. The van der Waals surface area contributed by atoms with Crippen LogP contribution in [0.1, 0.15) is 21.6 Å². The molecular formula is C22H17N5O. The van der Waals surface area contributed by atoms with E-state index >= 15 is 0 Å². The minimum Gasteiger partial charge on any atom is -0.349 e. The Labute approximate surface area is 161 Å². The van der Waals surface area contributed by atoms with Crippen LogP contribution in [0.3, 0.4) is 0 Å². The Kier molecular flexibility index (Phi) is 3.17. The lowest BCUT2D eigenvalue weighted by atomic mass is 9.88. The Balaban J connectivity index is 1.56. The molecule has 0 atom stereocenters. The first kappa shape index (κ1) is 15.5. The number of aromatic nitrogens is 4. The van der Waals surface area contributed by atoms with E-state index in [1.807, 2.05) is 29.1 Å². The van der Waals surface area contributed by atoms with Gasteiger partial charge < -0.3 is 5.32 Å². The van der Waals surface area contributed by atoms with Gasteiger partial charge in [-0.3, -0.25) is 19.4 Å². The van der Waals surface area contributed by atoms with Crippen molar-refractivity contribution in [2.24, 2.45) is 0 Å². The minimum absolute atomic E-state index is 0.0159. The normalized spacial score (nSPS) is 14.9. The number of nitrogens with one attached hydrogen (secondary N) is 1. The van der Waals surface area contributed by atoms with E-state index in [0.717, 1.165) is 64.1 Å². The molecule has 4 heterocycles. The predicted molar refractivity (Wildman–Crippen MR) is 106 cm³/mol. The number of pyridine rings is 2. The van der Waals surface area contributed by atoms with Crippen molar-refractivity contribution in [3.63, 3.8) is 0 Å². The monoisotopic (exact) mass is 367 g/mol. The van der Waals surface area contributed by atoms with Crippen LogP contribution in [0, 0.1) is 0 Å². The van der Waals surface area contributed by atoms with Gasteiger partial charge in [0, 0.05) is 41.0 Å². The van der Waals surface area contributed by atoms with Crippen LogP contribution >= 0.6 is 0 Å². The summed E-state index contributed by atoms with van der Waals surface area (Å²) in [6.07, 6.45) is 5.46. The quantitative estimate of drug-likeness (QED) is 0.561. The smallest absolute Gasteiger partial charge is 0.269 e. The van der Waals surface area contributed by atoms with Gasteiger partial charge >= 0.3 is 0 Å². The molecule has 0 spiro atoms. The van der Waals surface area contributed by atoms with Gasteiger partial charge in [0.05, 0.1) is 23.4 Å². The van der Waals surface area contributed by atoms with E-state index in [0.29, 0.717) is 6.54 Å². The van der Waals surface area contributed by atoms with Crippen molar-refractivity contribution in [2.45, 2.75) is 19.4 Å². The van der Waals surface area contributed by atoms with Crippen molar-refractivity contribution in [1.82, 2.24) is 25.1 Å². The lowest BCUT2D eigenvalue weighted by Gasteiger charge is -2.18. The molecule has 28 heavy (non-hydrogen) atoms. The maximum atomic E-state index is 12.4. The first-order valence-corrected chi connectivity index (χ1v) is 9.51. The number of hydrogen-bond donors (Lipinski definition) is 1. The van der Waals surface area contributed by atoms with Crippen LogP contribution in [-0.2, 0) is 19.4 Å². The second-order valence-corrected chi connectivity index (χ2v) is 7.26. The number of carbonyl (C=O) groups excluding carboxylic acids is 1. The lowest BCUT2D eigenvalue weighted by Crippen LogP contribution is -2.36. The number of carbonyl (C=O) groups is 1. The summed E-state index contributed by atoms with van der Waals surface area (Å²) in [5, 5.41) is 8.81. The zero-order chi connectivity index (χ0) is 18.7. The molecule has 1 N–H and O–H groups in total. The molecule has 136 valence electrons. The molecule has 0 bridgehead atoms. The molecule has 0 fully saturated rings. The zero-order valence-electron chi connectivity index (χ0n) is 15.1. The zero-order valence-corrected chi connectivity index (χ0v) is 15.1. The molecule has 6 heteroatoms. The molecule has 1 aliphatic carbocycles. The third kappa shape index (κ3) is 2.14. The SMILES string of the molecule is O=C1NCCn2nc3c(c21)CCc1cnc(-c2cccc4ncccc24)cc1-3. The summed E-state index contributed by atoms with van der Waals surface area (Å²) >= 11 is 0. The highest BCUT2D eigenvalue weighted by molar-refractivity contribution is 5.98. The Morgan fingerprint density at radius 3 is 2.96 bits per heavy atom. The molecule has 3 aromatic heterocycles. The largest absolute Gasteiger partial charge is 0.349 e. The Morgan fingerprint density at radius 1 is 1.04 bits per heavy atom. The van der Waals surface area contributed by atoms with Crippen LogP contribution < -0.4 is 5.32 Å². The second kappa shape index (κ2) is 5.73. The maximum absolute atomic E-state index is 12.4. The summed E-state index contributed by atoms with van der Waals surface area (Å²) in [6, 6.07) is 12.2. The fourth-order valence-electron chi connectivity index (χ4n) is 4.36. The molecule has 1 aromatic carbocycles. The van der Waals surface area contributed by atoms with Gasteiger partial charge in [0.1, 0.15) is 5.69 Å². The number of nitrogens with zero attached hydrogens (tertiary/aromatic N) is 4. The van der Waals surface area contributed by atoms with Crippen LogP contribution in [0.2, 0.25) is 0 Å². The molecule has 1 amide bonds. The van der Waals surface area contributed by atoms with Gasteiger partial charge in [-0.2, -0.15) is 5.10 Å². The fraction of sp³-hybridized carbons (Fsp3) is 0.182. The van der Waals surface area contributed by atoms with Gasteiger partial charge in [0.15, 0.2) is 0 Å². The number of rotatable bonds is 1. The van der Waals surface area contributed by atoms with E-state index in [1.165, 1.54) is 5.56 Å². The number of hydrogen-bond acceptors (Lipinski definition) is 4. The van der Waals surface area contributed by atoms with Crippen LogP contribution in [0.25, 0.3) is 33.4 Å². The van der Waals surface area contributed by atoms with Gasteiger partial charge in [-0.1, -0.05) is 18.2 Å². The first-order valence-electron chi connectivity index (χ1n) is 9.51. The Morgan fingerprint density at radius 2 is 2.00 bits per heavy atom. The summed E-state index contributed by atoms with van der Waals surface area (Å²) in [5.41, 5.74) is 7.89. The summed E-state index contributed by atoms with van der Waals surface area (Å²) < 4.78 is 1.86. The molecule has 6 nitrogen and oxygen atoms in total. The van der Waals surface area contributed by atoms with Crippen molar-refractivity contribution in [1.29, 1.82) is 0 Å². The third-order valence-electron chi connectivity index (χ3n) is 5.68. The van der Waals surface area contributed by atoms with Crippen molar-refractivity contribution < 1.29 is 4.79 Å². The summed E-state index contributed by atoms with van der Waals surface area (Å²) in [5.74, 6) is -0.0159. The van der Waals surface area contributed by atoms with E-state index < -0.39 is 0 Å². The summed E-state index contributed by atoms with van der Waals surface area (Å²) in [6.45, 7) is 1.35. The summed E-state index contributed by atoms with van der Waals surface area (Å²) in [4.78, 5) is 21.6. The van der Waals surface area contributed by atoms with E-state index in [1.54, 1.807) is 6.20 Å². The fourth-order valence-corrected chi connectivity index (χ4v) is 4.36. The highest BCUT2D eigenvalue weighted by atomic mass is 16.2. The van der Waals surface area contributed by atoms with Crippen LogP contribution in [-0.4, -0.2) is 32.2 Å². The van der Waals surface area contributed by atoms with Crippen LogP contribution in [0.5, 0.6) is 0 Å². The average molecular weight is 367 g/mol. The predicted octanol–water partition coefficient (Wildman–Crippen LogP) is 3.00. The molecule has 0 unspecified atom stereocenters. The molecule has 4 aromatic rings. The molecule has 0 saturated carbocycles. The van der Waals surface area contributed by atoms with Crippen LogP contribution in [0.15, 0.2) is 48.8 Å². The standard InChI is InChI=1S/C22H17N5O/c28-22-21-16-7-6-13-12-25-19(11-17(13)20(16)26-27(21)10-9-24-22)15-3-1-5-18-14(15)4-2-8-23-18/h1-5,8,11-12H,6-7,9-10H2,(H,24,28). The highest BCUT2D eigenvalue weighted by Crippen LogP contribution is 2.37. The Hall–Kier alpha value is -3.54. The van der Waals surface area contributed by atoms with Crippen molar-refractivity contribution >= 4 is 16.8 Å². The number of benzene rings is 1. The molecule has 6 rings (SSSR count). The van der Waals surface area contributed by atoms with Crippen molar-refractivity contribution in [2.75, 3.05) is 6.54 Å². The molecular weight excluding hydrogens is 350 g/mol. The number of fused-ring (bicyclic) bond motifs is 6. The number of aryl methyl sites for hydroxylation is 1. The third-order valence-corrected chi connectivity index (χ3v) is 5.68. The average Bonchev–Trinajstić information content (AvgIpc) is 3.13. The molecule has 2 aliphatic rings. The summed E-state index contributed by atoms with van der Waals surface area (Å²) in [7, 11) is 0. The highest BCUT2D eigenvalue weighted by Gasteiger charge is 2.30. The van der Waals surface area contributed by atoms with Gasteiger partial charge in [0.2, 0.25) is 0 Å². The molecule has 1 aliphatic heterocycles. The van der Waals surface area contributed by atoms with Gasteiger partial charge in [0.25, 0.3) is 5.91 Å². The minimum atomic E-state index is -0.0159. The topological polar surface area (TPSA) is 72.7 Å². The number of amides is 1. The molecule has 0 radical (unpaired) electrons. The van der Waals surface area contributed by atoms with Gasteiger partial charge in [-0.05, 0) is 36.6 Å². The van der Waals surface area contributed by atoms with Gasteiger partial charge in [-0.15, -0.1) is 0 Å². The molecule has 0 saturated heterocycles. The van der Waals surface area contributed by atoms with Crippen LogP contribution in [0.4, 0.5) is 0 Å². The Bertz CT molecular complexity index is 1270. The lowest BCUT2D eigenvalue weighted by molar-refractivity contribution is 0.0923. The van der Waals surface area contributed by atoms with Gasteiger partial charge in [-0.25, -0.2) is 0 Å². The van der Waals surface area contributed by atoms with Crippen molar-refractivity contribution in [3.8, 4) is 22.5 Å². The van der Waals surface area contributed by atoms with E-state index in [4.69, 9.17) is 10.1 Å². The van der Waals surface area contributed by atoms with Crippen molar-refractivity contribution in [3.05, 3.63) is 65.6 Å². The van der Waals surface area contributed by atoms with E-state index in [2.05, 4.69) is 28.5 Å². The maximum Gasteiger partial charge on any atom is 0.269 e.